The number of halogens is 3. The average Bonchev–Trinajstić information content (AvgIpc) is 2.50. The average molecular weight is 353 g/mol. The lowest BCUT2D eigenvalue weighted by Crippen LogP contribution is -2.30. The second-order valence-electron chi connectivity index (χ2n) is 5.16. The Morgan fingerprint density at radius 3 is 2.46 bits per heavy atom. The Kier molecular flexibility index (Phi) is 5.87. The van der Waals surface area contributed by atoms with E-state index >= 15 is 0 Å². The van der Waals surface area contributed by atoms with Gasteiger partial charge in [0.25, 0.3) is 0 Å². The van der Waals surface area contributed by atoms with Crippen molar-refractivity contribution in [2.24, 2.45) is 0 Å². The van der Waals surface area contributed by atoms with E-state index < -0.39 is 23.6 Å². The van der Waals surface area contributed by atoms with Crippen molar-refractivity contribution >= 4 is 29.1 Å². The lowest BCUT2D eigenvalue weighted by Gasteiger charge is -2.19. The van der Waals surface area contributed by atoms with Gasteiger partial charge < -0.3 is 10.6 Å². The van der Waals surface area contributed by atoms with Crippen molar-refractivity contribution in [1.82, 2.24) is 5.32 Å². The summed E-state index contributed by atoms with van der Waals surface area (Å²) in [4.78, 5) is 23.5. The Balaban J connectivity index is 2.14. The molecule has 0 saturated carbocycles. The van der Waals surface area contributed by atoms with Crippen LogP contribution in [0.15, 0.2) is 42.5 Å². The third-order valence-corrected chi connectivity index (χ3v) is 3.60. The second kappa shape index (κ2) is 7.88. The van der Waals surface area contributed by atoms with Crippen LogP contribution in [0.2, 0.25) is 5.02 Å². The summed E-state index contributed by atoms with van der Waals surface area (Å²) in [7, 11) is 0. The Morgan fingerprint density at radius 2 is 1.83 bits per heavy atom. The molecule has 0 bridgehead atoms. The lowest BCUT2D eigenvalue weighted by molar-refractivity contribution is -0.120. The molecule has 24 heavy (non-hydrogen) atoms. The van der Waals surface area contributed by atoms with Gasteiger partial charge in [-0.2, -0.15) is 0 Å². The first-order valence-corrected chi connectivity index (χ1v) is 7.51. The molecule has 1 atom stereocenters. The fourth-order valence-electron chi connectivity index (χ4n) is 2.21. The zero-order valence-corrected chi connectivity index (χ0v) is 13.5. The number of hydrogen-bond donors (Lipinski definition) is 2. The van der Waals surface area contributed by atoms with Crippen LogP contribution in [0.5, 0.6) is 0 Å². The van der Waals surface area contributed by atoms with Gasteiger partial charge >= 0.3 is 0 Å². The van der Waals surface area contributed by atoms with Crippen LogP contribution < -0.4 is 10.6 Å². The maximum Gasteiger partial charge on any atom is 0.226 e. The topological polar surface area (TPSA) is 58.2 Å². The summed E-state index contributed by atoms with van der Waals surface area (Å²) in [6.07, 6.45) is -0.109. The first kappa shape index (κ1) is 17.9. The van der Waals surface area contributed by atoms with E-state index in [0.717, 1.165) is 12.1 Å². The van der Waals surface area contributed by atoms with Crippen molar-refractivity contribution < 1.29 is 18.4 Å². The minimum atomic E-state index is -1.06. The molecule has 0 aliphatic rings. The van der Waals surface area contributed by atoms with E-state index in [1.807, 2.05) is 0 Å². The summed E-state index contributed by atoms with van der Waals surface area (Å²) in [5, 5.41) is 5.53. The number of amides is 2. The molecule has 0 fully saturated rings. The molecule has 2 aromatic rings. The maximum absolute atomic E-state index is 13.2. The largest absolute Gasteiger partial charge is 0.349 e. The van der Waals surface area contributed by atoms with E-state index in [1.54, 1.807) is 24.3 Å². The monoisotopic (exact) mass is 352 g/mol. The van der Waals surface area contributed by atoms with E-state index in [-0.39, 0.29) is 18.0 Å². The third kappa shape index (κ3) is 4.76. The van der Waals surface area contributed by atoms with Gasteiger partial charge in [0.1, 0.15) is 0 Å². The van der Waals surface area contributed by atoms with E-state index in [4.69, 9.17) is 11.6 Å². The van der Waals surface area contributed by atoms with Crippen LogP contribution in [0.1, 0.15) is 24.9 Å². The SMILES string of the molecule is CC(=O)NC(CC(=O)Nc1ccc(F)c(F)c1)c1ccccc1Cl. The molecule has 0 radical (unpaired) electrons. The first-order chi connectivity index (χ1) is 11.4. The minimum Gasteiger partial charge on any atom is -0.349 e. The first-order valence-electron chi connectivity index (χ1n) is 7.13. The summed E-state index contributed by atoms with van der Waals surface area (Å²) in [6, 6.07) is 9.25. The van der Waals surface area contributed by atoms with E-state index in [1.165, 1.54) is 13.0 Å². The number of rotatable bonds is 5. The lowest BCUT2D eigenvalue weighted by atomic mass is 10.0. The van der Waals surface area contributed by atoms with Gasteiger partial charge in [-0.25, -0.2) is 8.78 Å². The molecule has 2 rings (SSSR count). The Labute approximate surface area is 142 Å². The Morgan fingerprint density at radius 1 is 1.12 bits per heavy atom. The quantitative estimate of drug-likeness (QED) is 0.859. The van der Waals surface area contributed by atoms with E-state index in [2.05, 4.69) is 10.6 Å². The van der Waals surface area contributed by atoms with E-state index in [9.17, 15) is 18.4 Å². The number of nitrogens with one attached hydrogen (secondary N) is 2. The molecular formula is C17H15ClF2N2O2. The second-order valence-corrected chi connectivity index (χ2v) is 5.56. The van der Waals surface area contributed by atoms with Crippen molar-refractivity contribution in [2.75, 3.05) is 5.32 Å². The van der Waals surface area contributed by atoms with Crippen LogP contribution in [0.4, 0.5) is 14.5 Å². The predicted octanol–water partition coefficient (Wildman–Crippen LogP) is 3.82. The van der Waals surface area contributed by atoms with Crippen molar-refractivity contribution in [3.8, 4) is 0 Å². The maximum atomic E-state index is 13.2. The van der Waals surface area contributed by atoms with Gasteiger partial charge in [-0.1, -0.05) is 29.8 Å². The normalized spacial score (nSPS) is 11.7. The molecular weight excluding hydrogens is 338 g/mol. The zero-order chi connectivity index (χ0) is 17.7. The van der Waals surface area contributed by atoms with Crippen LogP contribution in [0, 0.1) is 11.6 Å². The number of hydrogen-bond acceptors (Lipinski definition) is 2. The minimum absolute atomic E-state index is 0.109. The van der Waals surface area contributed by atoms with Gasteiger partial charge in [0.2, 0.25) is 11.8 Å². The van der Waals surface area contributed by atoms with Crippen LogP contribution in [0.25, 0.3) is 0 Å². The summed E-state index contributed by atoms with van der Waals surface area (Å²) >= 11 is 6.11. The molecule has 126 valence electrons. The smallest absolute Gasteiger partial charge is 0.226 e. The fourth-order valence-corrected chi connectivity index (χ4v) is 2.48. The highest BCUT2D eigenvalue weighted by Gasteiger charge is 2.19. The molecule has 0 heterocycles. The zero-order valence-electron chi connectivity index (χ0n) is 12.8. The summed E-state index contributed by atoms with van der Waals surface area (Å²) < 4.78 is 26.1. The Bertz CT molecular complexity index is 768. The van der Waals surface area contributed by atoms with Crippen molar-refractivity contribution in [3.05, 3.63) is 64.7 Å². The third-order valence-electron chi connectivity index (χ3n) is 3.25. The van der Waals surface area contributed by atoms with Crippen LogP contribution in [-0.4, -0.2) is 11.8 Å². The number of benzene rings is 2. The molecule has 2 aromatic carbocycles. The van der Waals surface area contributed by atoms with Crippen LogP contribution in [-0.2, 0) is 9.59 Å². The number of carbonyl (C=O) groups excluding carboxylic acids is 2. The van der Waals surface area contributed by atoms with Gasteiger partial charge in [-0.05, 0) is 23.8 Å². The van der Waals surface area contributed by atoms with Crippen LogP contribution in [0.3, 0.4) is 0 Å². The predicted molar refractivity (Wildman–Crippen MR) is 87.6 cm³/mol. The summed E-state index contributed by atoms with van der Waals surface area (Å²) in [5.74, 6) is -2.85. The molecule has 0 aromatic heterocycles. The molecule has 7 heteroatoms. The molecule has 0 spiro atoms. The highest BCUT2D eigenvalue weighted by Crippen LogP contribution is 2.25. The van der Waals surface area contributed by atoms with Gasteiger partial charge in [0.05, 0.1) is 12.5 Å². The molecule has 2 amide bonds. The molecule has 4 nitrogen and oxygen atoms in total. The summed E-state index contributed by atoms with van der Waals surface area (Å²) in [6.45, 7) is 1.33. The van der Waals surface area contributed by atoms with Gasteiger partial charge in [-0.15, -0.1) is 0 Å². The molecule has 0 saturated heterocycles. The Hall–Kier alpha value is -2.47. The van der Waals surface area contributed by atoms with Crippen molar-refractivity contribution in [2.45, 2.75) is 19.4 Å². The molecule has 2 N–H and O–H groups in total. The fraction of sp³-hybridized carbons (Fsp3) is 0.176. The van der Waals surface area contributed by atoms with Crippen molar-refractivity contribution in [1.29, 1.82) is 0 Å². The van der Waals surface area contributed by atoms with E-state index in [0.29, 0.717) is 10.6 Å². The number of carbonyl (C=O) groups is 2. The standard InChI is InChI=1S/C17H15ClF2N2O2/c1-10(23)21-16(12-4-2-3-5-13(12)18)9-17(24)22-11-6-7-14(19)15(20)8-11/h2-8,16H,9H2,1H3,(H,21,23)(H,22,24). The van der Waals surface area contributed by atoms with Gasteiger partial charge in [0.15, 0.2) is 11.6 Å². The summed E-state index contributed by atoms with van der Waals surface area (Å²) in [5.41, 5.74) is 0.717. The van der Waals surface area contributed by atoms with Crippen LogP contribution >= 0.6 is 11.6 Å². The molecule has 1 unspecified atom stereocenters. The number of anilines is 1. The molecule has 0 aliphatic heterocycles. The highest BCUT2D eigenvalue weighted by molar-refractivity contribution is 6.31. The van der Waals surface area contributed by atoms with Gasteiger partial charge in [-0.3, -0.25) is 9.59 Å². The molecule has 0 aliphatic carbocycles. The van der Waals surface area contributed by atoms with Gasteiger partial charge in [0, 0.05) is 23.7 Å². The highest BCUT2D eigenvalue weighted by atomic mass is 35.5. The van der Waals surface area contributed by atoms with Crippen molar-refractivity contribution in [3.63, 3.8) is 0 Å².